The fourth-order valence-corrected chi connectivity index (χ4v) is 2.78. The number of nitrogens with one attached hydrogen (secondary N) is 1. The summed E-state index contributed by atoms with van der Waals surface area (Å²) < 4.78 is 15.1. The maximum atomic E-state index is 12.7. The van der Waals surface area contributed by atoms with Gasteiger partial charge in [0.2, 0.25) is 0 Å². The molecule has 146 valence electrons. The van der Waals surface area contributed by atoms with E-state index in [2.05, 4.69) is 5.32 Å². The van der Waals surface area contributed by atoms with Gasteiger partial charge in [-0.25, -0.2) is 4.79 Å². The van der Waals surface area contributed by atoms with Crippen LogP contribution in [-0.2, 0) is 4.74 Å². The van der Waals surface area contributed by atoms with Crippen LogP contribution in [0, 0.1) is 10.1 Å². The van der Waals surface area contributed by atoms with E-state index in [4.69, 9.17) is 14.2 Å². The van der Waals surface area contributed by atoms with E-state index >= 15 is 0 Å². The fourth-order valence-electron chi connectivity index (χ4n) is 2.78. The topological polar surface area (TPSA) is 120 Å². The van der Waals surface area contributed by atoms with Crippen LogP contribution in [0.15, 0.2) is 36.4 Å². The Kier molecular flexibility index (Phi) is 5.30. The van der Waals surface area contributed by atoms with Crippen molar-refractivity contribution in [3.8, 4) is 11.5 Å². The predicted octanol–water partition coefficient (Wildman–Crippen LogP) is 2.82. The molecule has 2 aromatic rings. The Morgan fingerprint density at radius 3 is 2.54 bits per heavy atom. The van der Waals surface area contributed by atoms with Crippen LogP contribution in [-0.4, -0.2) is 44.3 Å². The lowest BCUT2D eigenvalue weighted by molar-refractivity contribution is -0.385. The molecule has 0 aliphatic carbocycles. The highest BCUT2D eigenvalue weighted by Crippen LogP contribution is 2.35. The van der Waals surface area contributed by atoms with Crippen LogP contribution in [0.3, 0.4) is 0 Å². The number of nitrogens with zero attached hydrogens (tertiary/aromatic N) is 2. The van der Waals surface area contributed by atoms with Crippen molar-refractivity contribution in [3.05, 3.63) is 52.1 Å². The number of nitro groups is 1. The smallest absolute Gasteiger partial charge is 0.414 e. The van der Waals surface area contributed by atoms with Crippen LogP contribution in [0.1, 0.15) is 10.4 Å². The normalized spacial score (nSPS) is 13.1. The molecule has 2 amide bonds. The second-order valence-corrected chi connectivity index (χ2v) is 5.75. The summed E-state index contributed by atoms with van der Waals surface area (Å²) in [5.74, 6) is -0.374. The largest absolute Gasteiger partial charge is 0.493 e. The van der Waals surface area contributed by atoms with Gasteiger partial charge in [-0.1, -0.05) is 6.07 Å². The average Bonchev–Trinajstić information content (AvgIpc) is 3.12. The van der Waals surface area contributed by atoms with Gasteiger partial charge in [-0.05, 0) is 18.2 Å². The van der Waals surface area contributed by atoms with Crippen LogP contribution >= 0.6 is 0 Å². The van der Waals surface area contributed by atoms with Crippen molar-refractivity contribution in [2.24, 2.45) is 0 Å². The summed E-state index contributed by atoms with van der Waals surface area (Å²) in [6.45, 7) is 0.685. The molecule has 0 spiro atoms. The number of hydrogen-bond acceptors (Lipinski definition) is 7. The first-order valence-electron chi connectivity index (χ1n) is 8.20. The maximum Gasteiger partial charge on any atom is 0.414 e. The van der Waals surface area contributed by atoms with Crippen LogP contribution in [0.4, 0.5) is 21.9 Å². The molecule has 1 saturated heterocycles. The third-order valence-electron chi connectivity index (χ3n) is 4.12. The second-order valence-electron chi connectivity index (χ2n) is 5.75. The highest BCUT2D eigenvalue weighted by atomic mass is 16.6. The molecule has 2 aromatic carbocycles. The highest BCUT2D eigenvalue weighted by Gasteiger charge is 2.26. The Morgan fingerprint density at radius 1 is 1.21 bits per heavy atom. The molecule has 0 radical (unpaired) electrons. The molecule has 0 bridgehead atoms. The number of rotatable bonds is 6. The van der Waals surface area contributed by atoms with Crippen molar-refractivity contribution in [1.29, 1.82) is 0 Å². The molecular weight excluding hydrogens is 370 g/mol. The minimum Gasteiger partial charge on any atom is -0.493 e. The molecule has 1 heterocycles. The van der Waals surface area contributed by atoms with Crippen LogP contribution < -0.4 is 19.7 Å². The summed E-state index contributed by atoms with van der Waals surface area (Å²) >= 11 is 0. The Bertz CT molecular complexity index is 945. The monoisotopic (exact) mass is 387 g/mol. The first-order chi connectivity index (χ1) is 13.4. The van der Waals surface area contributed by atoms with Crippen molar-refractivity contribution < 1.29 is 28.7 Å². The lowest BCUT2D eigenvalue weighted by atomic mass is 10.1. The van der Waals surface area contributed by atoms with Gasteiger partial charge in [0.25, 0.3) is 11.6 Å². The van der Waals surface area contributed by atoms with E-state index in [0.29, 0.717) is 17.9 Å². The third-order valence-corrected chi connectivity index (χ3v) is 4.12. The number of benzene rings is 2. The van der Waals surface area contributed by atoms with Gasteiger partial charge in [-0.15, -0.1) is 0 Å². The molecule has 0 unspecified atom stereocenters. The van der Waals surface area contributed by atoms with E-state index in [9.17, 15) is 19.7 Å². The summed E-state index contributed by atoms with van der Waals surface area (Å²) in [4.78, 5) is 36.5. The maximum absolute atomic E-state index is 12.7. The number of carbonyl (C=O) groups is 2. The van der Waals surface area contributed by atoms with Gasteiger partial charge in [-0.2, -0.15) is 0 Å². The molecule has 1 aliphatic rings. The molecule has 10 nitrogen and oxygen atoms in total. The standard InChI is InChI=1S/C18H17N3O7/c1-26-15-9-13(14(21(24)25)10-16(15)27-2)17(22)19-11-4-3-5-12(8-11)20-6-7-28-18(20)23/h3-5,8-10H,6-7H2,1-2H3,(H,19,22). The molecule has 1 N–H and O–H groups in total. The van der Waals surface area contributed by atoms with Crippen molar-refractivity contribution in [2.45, 2.75) is 0 Å². The number of ether oxygens (including phenoxy) is 3. The summed E-state index contributed by atoms with van der Waals surface area (Å²) in [7, 11) is 2.71. The number of cyclic esters (lactones) is 1. The zero-order chi connectivity index (χ0) is 20.3. The summed E-state index contributed by atoms with van der Waals surface area (Å²) in [5, 5.41) is 14.0. The van der Waals surface area contributed by atoms with Crippen molar-refractivity contribution in [1.82, 2.24) is 0 Å². The lowest BCUT2D eigenvalue weighted by Gasteiger charge is -2.14. The first kappa shape index (κ1) is 19.0. The Labute approximate surface area is 159 Å². The number of carbonyl (C=O) groups excluding carboxylic acids is 2. The Hall–Kier alpha value is -3.82. The van der Waals surface area contributed by atoms with Crippen molar-refractivity contribution >= 4 is 29.1 Å². The number of methoxy groups -OCH3 is 2. The van der Waals surface area contributed by atoms with E-state index in [-0.39, 0.29) is 23.7 Å². The number of amides is 2. The van der Waals surface area contributed by atoms with Crippen LogP contribution in [0.25, 0.3) is 0 Å². The van der Waals surface area contributed by atoms with E-state index in [1.807, 2.05) is 0 Å². The van der Waals surface area contributed by atoms with E-state index in [0.717, 1.165) is 6.07 Å². The van der Waals surface area contributed by atoms with E-state index in [1.165, 1.54) is 25.2 Å². The molecule has 1 fully saturated rings. The number of hydrogen-bond donors (Lipinski definition) is 1. The van der Waals surface area contributed by atoms with Gasteiger partial charge in [0.1, 0.15) is 12.2 Å². The minimum atomic E-state index is -0.700. The molecule has 1 aliphatic heterocycles. The molecule has 0 aromatic heterocycles. The summed E-state index contributed by atoms with van der Waals surface area (Å²) in [6.07, 6.45) is -0.473. The van der Waals surface area contributed by atoms with Crippen molar-refractivity contribution in [3.63, 3.8) is 0 Å². The number of nitro benzene ring substituents is 1. The highest BCUT2D eigenvalue weighted by molar-refractivity contribution is 6.08. The van der Waals surface area contributed by atoms with Gasteiger partial charge in [0.05, 0.1) is 31.8 Å². The SMILES string of the molecule is COc1cc(C(=O)Nc2cccc(N3CCOC3=O)c2)c([N+](=O)[O-])cc1OC. The van der Waals surface area contributed by atoms with Crippen LogP contribution in [0.2, 0.25) is 0 Å². The molecule has 10 heteroatoms. The quantitative estimate of drug-likeness (QED) is 0.598. The average molecular weight is 387 g/mol. The molecule has 3 rings (SSSR count). The molecular formula is C18H17N3O7. The fraction of sp³-hybridized carbons (Fsp3) is 0.222. The third kappa shape index (κ3) is 3.65. The summed E-state index contributed by atoms with van der Waals surface area (Å²) in [6, 6.07) is 8.91. The van der Waals surface area contributed by atoms with Crippen LogP contribution in [0.5, 0.6) is 11.5 Å². The minimum absolute atomic E-state index is 0.139. The van der Waals surface area contributed by atoms with E-state index < -0.39 is 22.6 Å². The Balaban J connectivity index is 1.91. The number of anilines is 2. The lowest BCUT2D eigenvalue weighted by Crippen LogP contribution is -2.23. The first-order valence-corrected chi connectivity index (χ1v) is 8.20. The second kappa shape index (κ2) is 7.82. The van der Waals surface area contributed by atoms with Gasteiger partial charge in [-0.3, -0.25) is 19.8 Å². The molecule has 0 atom stereocenters. The van der Waals surface area contributed by atoms with Gasteiger partial charge in [0.15, 0.2) is 11.5 Å². The molecule has 0 saturated carbocycles. The molecule has 28 heavy (non-hydrogen) atoms. The van der Waals surface area contributed by atoms with Gasteiger partial charge in [0, 0.05) is 17.4 Å². The predicted molar refractivity (Wildman–Crippen MR) is 99.3 cm³/mol. The summed E-state index contributed by atoms with van der Waals surface area (Å²) in [5.41, 5.74) is 0.302. The zero-order valence-electron chi connectivity index (χ0n) is 15.1. The Morgan fingerprint density at radius 2 is 1.93 bits per heavy atom. The van der Waals surface area contributed by atoms with Gasteiger partial charge >= 0.3 is 6.09 Å². The van der Waals surface area contributed by atoms with Gasteiger partial charge < -0.3 is 19.5 Å². The van der Waals surface area contributed by atoms with E-state index in [1.54, 1.807) is 24.3 Å². The zero-order valence-corrected chi connectivity index (χ0v) is 15.1. The van der Waals surface area contributed by atoms with Crippen molar-refractivity contribution in [2.75, 3.05) is 37.6 Å².